The third-order valence-electron chi connectivity index (χ3n) is 3.97. The molecule has 1 aliphatic rings. The van der Waals surface area contributed by atoms with Crippen LogP contribution >= 0.6 is 27.3 Å². The van der Waals surface area contributed by atoms with Crippen molar-refractivity contribution in [1.29, 1.82) is 0 Å². The van der Waals surface area contributed by atoms with Crippen LogP contribution in [-0.2, 0) is 0 Å². The van der Waals surface area contributed by atoms with Crippen LogP contribution in [0, 0.1) is 0 Å². The van der Waals surface area contributed by atoms with Crippen LogP contribution in [0.15, 0.2) is 46.3 Å². The van der Waals surface area contributed by atoms with Crippen LogP contribution in [0.3, 0.4) is 0 Å². The van der Waals surface area contributed by atoms with Gasteiger partial charge in [-0.2, -0.15) is 0 Å². The molecule has 0 unspecified atom stereocenters. The summed E-state index contributed by atoms with van der Waals surface area (Å²) in [5.74, 6) is 0.00939. The van der Waals surface area contributed by atoms with Crippen LogP contribution in [0.5, 0.6) is 0 Å². The Bertz CT molecular complexity index is 700. The fourth-order valence-electron chi connectivity index (χ4n) is 2.63. The zero-order valence-electron chi connectivity index (χ0n) is 12.6. The fraction of sp³-hybridized carbons (Fsp3) is 0.278. The molecule has 2 heterocycles. The third kappa shape index (κ3) is 4.31. The van der Waals surface area contributed by atoms with Crippen LogP contribution in [-0.4, -0.2) is 30.1 Å². The second-order valence-corrected chi connectivity index (χ2v) is 7.49. The number of nitrogens with zero attached hydrogens (tertiary/aromatic N) is 1. The van der Waals surface area contributed by atoms with E-state index < -0.39 is 0 Å². The average molecular weight is 392 g/mol. The van der Waals surface area contributed by atoms with Gasteiger partial charge < -0.3 is 10.0 Å². The van der Waals surface area contributed by atoms with E-state index in [1.165, 1.54) is 0 Å². The number of hydrogen-bond donors (Lipinski definition) is 1. The van der Waals surface area contributed by atoms with E-state index in [-0.39, 0.29) is 11.9 Å². The first-order chi connectivity index (χ1) is 11.1. The van der Waals surface area contributed by atoms with Crippen molar-refractivity contribution in [3.8, 4) is 0 Å². The SMILES string of the molecule is O=C(/C=C/c1cc(Br)cs1)c1ccc(N2CCC(O)CC2)cc1. The number of carbonyl (C=O) groups is 1. The molecule has 0 spiro atoms. The van der Waals surface area contributed by atoms with Crippen LogP contribution in [0.4, 0.5) is 5.69 Å². The maximum atomic E-state index is 12.2. The Morgan fingerprint density at radius 2 is 1.96 bits per heavy atom. The molecule has 1 aromatic heterocycles. The van der Waals surface area contributed by atoms with E-state index in [2.05, 4.69) is 20.8 Å². The quantitative estimate of drug-likeness (QED) is 0.621. The van der Waals surface area contributed by atoms with E-state index in [1.54, 1.807) is 17.4 Å². The molecule has 1 aromatic carbocycles. The fourth-order valence-corrected chi connectivity index (χ4v) is 3.97. The number of aliphatic hydroxyl groups excluding tert-OH is 1. The van der Waals surface area contributed by atoms with E-state index in [0.717, 1.165) is 41.0 Å². The molecule has 2 aromatic rings. The van der Waals surface area contributed by atoms with Crippen LogP contribution in [0.25, 0.3) is 6.08 Å². The number of allylic oxidation sites excluding steroid dienone is 1. The highest BCUT2D eigenvalue weighted by molar-refractivity contribution is 9.10. The van der Waals surface area contributed by atoms with Crippen molar-refractivity contribution in [2.75, 3.05) is 18.0 Å². The molecule has 1 fully saturated rings. The number of thiophene rings is 1. The molecule has 0 bridgehead atoms. The van der Waals surface area contributed by atoms with Gasteiger partial charge >= 0.3 is 0 Å². The second-order valence-electron chi connectivity index (χ2n) is 5.63. The lowest BCUT2D eigenvalue weighted by atomic mass is 10.1. The Labute approximate surface area is 148 Å². The molecule has 1 aliphatic heterocycles. The van der Waals surface area contributed by atoms with Gasteiger partial charge in [0, 0.05) is 39.1 Å². The lowest BCUT2D eigenvalue weighted by molar-refractivity contribution is 0.104. The largest absolute Gasteiger partial charge is 0.393 e. The smallest absolute Gasteiger partial charge is 0.185 e. The first kappa shape index (κ1) is 16.4. The van der Waals surface area contributed by atoms with Gasteiger partial charge in [0.15, 0.2) is 5.78 Å². The average Bonchev–Trinajstić information content (AvgIpc) is 2.99. The van der Waals surface area contributed by atoms with Crippen molar-refractivity contribution in [3.63, 3.8) is 0 Å². The van der Waals surface area contributed by atoms with Crippen molar-refractivity contribution in [1.82, 2.24) is 0 Å². The summed E-state index contributed by atoms with van der Waals surface area (Å²) in [7, 11) is 0. The number of piperidine rings is 1. The van der Waals surface area contributed by atoms with Gasteiger partial charge in [0.2, 0.25) is 0 Å². The molecule has 23 heavy (non-hydrogen) atoms. The highest BCUT2D eigenvalue weighted by atomic mass is 79.9. The monoisotopic (exact) mass is 391 g/mol. The number of rotatable bonds is 4. The number of aliphatic hydroxyl groups is 1. The number of hydrogen-bond acceptors (Lipinski definition) is 4. The summed E-state index contributed by atoms with van der Waals surface area (Å²) in [6.07, 6.45) is 4.90. The number of ketones is 1. The standard InChI is InChI=1S/C18H18BrNO2S/c19-14-11-17(23-12-14)5-6-18(22)13-1-3-15(4-2-13)20-9-7-16(21)8-10-20/h1-6,11-12,16,21H,7-10H2/b6-5+. The maximum absolute atomic E-state index is 12.2. The number of benzene rings is 1. The topological polar surface area (TPSA) is 40.5 Å². The molecule has 0 amide bonds. The minimum atomic E-state index is -0.172. The Balaban J connectivity index is 1.64. The van der Waals surface area contributed by atoms with E-state index in [9.17, 15) is 9.90 Å². The molecular formula is C18H18BrNO2S. The summed E-state index contributed by atoms with van der Waals surface area (Å²) >= 11 is 5.00. The Morgan fingerprint density at radius 3 is 2.57 bits per heavy atom. The molecule has 120 valence electrons. The van der Waals surface area contributed by atoms with Gasteiger partial charge in [-0.3, -0.25) is 4.79 Å². The van der Waals surface area contributed by atoms with Gasteiger partial charge in [-0.1, -0.05) is 0 Å². The minimum absolute atomic E-state index is 0.00939. The Kier molecular flexibility index (Phi) is 5.30. The van der Waals surface area contributed by atoms with Crippen molar-refractivity contribution in [3.05, 3.63) is 56.7 Å². The molecule has 5 heteroatoms. The second kappa shape index (κ2) is 7.43. The predicted octanol–water partition coefficient (Wildman–Crippen LogP) is 4.37. The number of carbonyl (C=O) groups excluding carboxylic acids is 1. The normalized spacial score (nSPS) is 16.2. The Hall–Kier alpha value is -1.43. The van der Waals surface area contributed by atoms with Gasteiger partial charge in [0.1, 0.15) is 0 Å². The number of halogens is 1. The summed E-state index contributed by atoms with van der Waals surface area (Å²) in [6.45, 7) is 1.73. The molecule has 0 radical (unpaired) electrons. The zero-order chi connectivity index (χ0) is 16.2. The van der Waals surface area contributed by atoms with Gasteiger partial charge in [-0.25, -0.2) is 0 Å². The summed E-state index contributed by atoms with van der Waals surface area (Å²) in [4.78, 5) is 15.5. The van der Waals surface area contributed by atoms with Gasteiger partial charge in [-0.05, 0) is 71.3 Å². The summed E-state index contributed by atoms with van der Waals surface area (Å²) in [5.41, 5.74) is 1.80. The summed E-state index contributed by atoms with van der Waals surface area (Å²) in [6, 6.07) is 9.71. The van der Waals surface area contributed by atoms with Crippen LogP contribution < -0.4 is 4.90 Å². The molecule has 1 saturated heterocycles. The van der Waals surface area contributed by atoms with E-state index in [4.69, 9.17) is 0 Å². The van der Waals surface area contributed by atoms with Crippen molar-refractivity contribution >= 4 is 44.8 Å². The van der Waals surface area contributed by atoms with Gasteiger partial charge in [-0.15, -0.1) is 11.3 Å². The predicted molar refractivity (Wildman–Crippen MR) is 99.3 cm³/mol. The first-order valence-electron chi connectivity index (χ1n) is 7.61. The van der Waals surface area contributed by atoms with Crippen LogP contribution in [0.2, 0.25) is 0 Å². The molecule has 3 rings (SSSR count). The molecule has 0 atom stereocenters. The van der Waals surface area contributed by atoms with Gasteiger partial charge in [0.25, 0.3) is 0 Å². The van der Waals surface area contributed by atoms with Crippen molar-refractivity contribution < 1.29 is 9.90 Å². The van der Waals surface area contributed by atoms with Crippen LogP contribution in [0.1, 0.15) is 28.1 Å². The van der Waals surface area contributed by atoms with E-state index in [1.807, 2.05) is 41.8 Å². The lowest BCUT2D eigenvalue weighted by Crippen LogP contribution is -2.35. The summed E-state index contributed by atoms with van der Waals surface area (Å²) in [5, 5.41) is 11.6. The van der Waals surface area contributed by atoms with E-state index >= 15 is 0 Å². The van der Waals surface area contributed by atoms with Crippen molar-refractivity contribution in [2.24, 2.45) is 0 Å². The third-order valence-corrected chi connectivity index (χ3v) is 5.63. The summed E-state index contributed by atoms with van der Waals surface area (Å²) < 4.78 is 1.03. The lowest BCUT2D eigenvalue weighted by Gasteiger charge is -2.31. The zero-order valence-corrected chi connectivity index (χ0v) is 15.0. The molecule has 3 nitrogen and oxygen atoms in total. The maximum Gasteiger partial charge on any atom is 0.185 e. The first-order valence-corrected chi connectivity index (χ1v) is 9.28. The highest BCUT2D eigenvalue weighted by Gasteiger charge is 2.17. The van der Waals surface area contributed by atoms with E-state index in [0.29, 0.717) is 5.56 Å². The van der Waals surface area contributed by atoms with Gasteiger partial charge in [0.05, 0.1) is 6.10 Å². The van der Waals surface area contributed by atoms with Crippen molar-refractivity contribution in [2.45, 2.75) is 18.9 Å². The highest BCUT2D eigenvalue weighted by Crippen LogP contribution is 2.22. The number of anilines is 1. The molecule has 0 aliphatic carbocycles. The molecule has 0 saturated carbocycles. The minimum Gasteiger partial charge on any atom is -0.393 e. The molecular weight excluding hydrogens is 374 g/mol. The molecule has 1 N–H and O–H groups in total. The Morgan fingerprint density at radius 1 is 1.26 bits per heavy atom.